The normalized spacial score (nSPS) is 11.1. The van der Waals surface area contributed by atoms with Crippen molar-refractivity contribution in [2.75, 3.05) is 0 Å². The highest BCUT2D eigenvalue weighted by molar-refractivity contribution is 3.07. The van der Waals surface area contributed by atoms with Crippen LogP contribution in [0.5, 0.6) is 0 Å². The van der Waals surface area contributed by atoms with Gasteiger partial charge in [-0.1, -0.05) is 0 Å². The van der Waals surface area contributed by atoms with Crippen LogP contribution in [0.1, 0.15) is 0 Å². The molecule has 0 aromatic rings. The van der Waals surface area contributed by atoms with E-state index in [0.717, 1.165) is 0 Å². The first kappa shape index (κ1) is 18.2. The third kappa shape index (κ3) is 17.2. The van der Waals surface area contributed by atoms with E-state index in [-0.39, 0.29) is 0 Å². The third-order valence-corrected chi connectivity index (χ3v) is 0.450. The monoisotopic (exact) mass is 306 g/mol. The van der Waals surface area contributed by atoms with Gasteiger partial charge in [0, 0.05) is 5.04 Å². The van der Waals surface area contributed by atoms with Gasteiger partial charge in [-0.15, -0.1) is 0 Å². The van der Waals surface area contributed by atoms with Gasteiger partial charge in [-0.2, -0.15) is 0 Å². The van der Waals surface area contributed by atoms with Gasteiger partial charge in [0.25, 0.3) is 0 Å². The van der Waals surface area contributed by atoms with Crippen LogP contribution in [0.2, 0.25) is 0 Å². The Bertz CT molecular complexity index is 123. The Morgan fingerprint density at radius 3 is 0.579 bits per heavy atom. The highest BCUT2D eigenvalue weighted by atomic mass is 18.0. The Balaban J connectivity index is 2.88. The molecule has 0 fully saturated rings. The fraction of sp³-hybridized carbons (Fsp3) is 0. The number of hydrogen-bond acceptors (Lipinski definition) is 19. The second-order valence-corrected chi connectivity index (χ2v) is 1.17. The highest BCUT2D eigenvalue weighted by Crippen LogP contribution is 1.92. The predicted octanol–water partition coefficient (Wildman–Crippen LogP) is -1.15. The summed E-state index contributed by atoms with van der Waals surface area (Å²) in [6.45, 7) is 0. The van der Waals surface area contributed by atoms with E-state index >= 15 is 0 Å². The molecule has 0 unspecified atom stereocenters. The molecular formula is H2O19. The third-order valence-electron chi connectivity index (χ3n) is 0.450. The van der Waals surface area contributed by atoms with E-state index < -0.39 is 0 Å². The lowest BCUT2D eigenvalue weighted by Gasteiger charge is -1.98. The van der Waals surface area contributed by atoms with Crippen LogP contribution >= 0.6 is 0 Å². The summed E-state index contributed by atoms with van der Waals surface area (Å²) >= 11 is 0. The zero-order valence-corrected chi connectivity index (χ0v) is 7.83. The van der Waals surface area contributed by atoms with Crippen molar-refractivity contribution in [1.29, 1.82) is 0 Å². The first-order valence-corrected chi connectivity index (χ1v) is 3.03. The molecule has 2 N–H and O–H groups in total. The molecule has 0 aliphatic heterocycles. The molecule has 0 aliphatic rings. The van der Waals surface area contributed by atoms with Crippen molar-refractivity contribution in [3.63, 3.8) is 0 Å². The van der Waals surface area contributed by atoms with Gasteiger partial charge < -0.3 is 0 Å². The molecule has 0 rings (SSSR count). The quantitative estimate of drug-likeness (QED) is 0.196. The van der Waals surface area contributed by atoms with Gasteiger partial charge in [-0.25, -0.2) is 10.5 Å². The second-order valence-electron chi connectivity index (χ2n) is 1.17. The van der Waals surface area contributed by atoms with Crippen molar-refractivity contribution in [1.82, 2.24) is 0 Å². The smallest absolute Gasteiger partial charge is 0 e. The Kier molecular flexibility index (Phi) is 16.6. The maximum absolute atomic E-state index is 7.48. The lowest BCUT2D eigenvalue weighted by molar-refractivity contribution is -0.891. The SMILES string of the molecule is OOOOOOOOOOOOOOOOOOO. The van der Waals surface area contributed by atoms with Crippen LogP contribution in [0.15, 0.2) is 0 Å². The molecule has 0 radical (unpaired) electrons. The standard InChI is InChI=1S/H2O19/c1-3-5-7-9-11-13-15-17-19-18-16-14-12-10-8-6-4-2/h1-2H. The first-order valence-electron chi connectivity index (χ1n) is 3.03. The van der Waals surface area contributed by atoms with E-state index in [1.807, 2.05) is 0 Å². The number of hydrogen-bond donors (Lipinski definition) is 2. The summed E-state index contributed by atoms with van der Waals surface area (Å²) in [5.41, 5.74) is 0. The fourth-order valence-corrected chi connectivity index (χ4v) is 0.172. The van der Waals surface area contributed by atoms with Crippen LogP contribution in [0.25, 0.3) is 0 Å². The minimum Gasteiger partial charge on any atom is -0.219 e. The van der Waals surface area contributed by atoms with E-state index in [0.29, 0.717) is 0 Å². The topological polar surface area (TPSA) is 197 Å². The van der Waals surface area contributed by atoms with Crippen LogP contribution in [-0.2, 0) is 85.7 Å². The van der Waals surface area contributed by atoms with Crippen LogP contribution in [0, 0.1) is 0 Å². The molecule has 0 saturated carbocycles. The summed E-state index contributed by atoms with van der Waals surface area (Å²) in [5.74, 6) is 0. The molecule has 19 nitrogen and oxygen atoms in total. The minimum atomic E-state index is 2.87. The van der Waals surface area contributed by atoms with Crippen LogP contribution in [0.4, 0.5) is 0 Å². The van der Waals surface area contributed by atoms with E-state index in [9.17, 15) is 0 Å². The Morgan fingerprint density at radius 1 is 0.263 bits per heavy atom. The van der Waals surface area contributed by atoms with Crippen molar-refractivity contribution in [2.45, 2.75) is 0 Å². The summed E-state index contributed by atoms with van der Waals surface area (Å²) < 4.78 is 0. The van der Waals surface area contributed by atoms with Gasteiger partial charge in [0.2, 0.25) is 0 Å². The van der Waals surface area contributed by atoms with Crippen molar-refractivity contribution >= 4 is 0 Å². The van der Waals surface area contributed by atoms with Crippen LogP contribution < -0.4 is 0 Å². The Labute approximate surface area is 97.6 Å². The summed E-state index contributed by atoms with van der Waals surface area (Å²) in [6.07, 6.45) is 0. The molecule has 19 heavy (non-hydrogen) atoms. The molecule has 0 aromatic carbocycles. The minimum absolute atomic E-state index is 2.87. The molecule has 0 spiro atoms. The highest BCUT2D eigenvalue weighted by Gasteiger charge is 1.99. The summed E-state index contributed by atoms with van der Waals surface area (Å²) in [4.78, 5) is 0. The molecule has 0 bridgehead atoms. The second kappa shape index (κ2) is 17.2. The molecule has 0 atom stereocenters. The molecular weight excluding hydrogens is 304 g/mol. The summed E-state index contributed by atoms with van der Waals surface area (Å²) in [7, 11) is 0. The zero-order chi connectivity index (χ0) is 14.0. The van der Waals surface area contributed by atoms with Crippen molar-refractivity contribution in [3.05, 3.63) is 0 Å². The summed E-state index contributed by atoms with van der Waals surface area (Å²) in [6, 6.07) is 0. The van der Waals surface area contributed by atoms with Crippen LogP contribution in [-0.4, -0.2) is 10.5 Å². The van der Waals surface area contributed by atoms with E-state index in [1.54, 1.807) is 0 Å². The Hall–Kier alpha value is -0.760. The summed E-state index contributed by atoms with van der Waals surface area (Å²) in [5, 5.41) is 71.5. The molecule has 0 saturated heterocycles. The maximum Gasteiger partial charge on any atom is 0 e. The van der Waals surface area contributed by atoms with Gasteiger partial charge in [0.15, 0.2) is 0 Å². The van der Waals surface area contributed by atoms with Crippen molar-refractivity contribution in [2.24, 2.45) is 0 Å². The molecule has 0 heterocycles. The van der Waals surface area contributed by atoms with Gasteiger partial charge in [0.1, 0.15) is 0 Å². The van der Waals surface area contributed by atoms with Crippen molar-refractivity contribution in [3.8, 4) is 0 Å². The van der Waals surface area contributed by atoms with E-state index in [1.165, 1.54) is 0 Å². The zero-order valence-electron chi connectivity index (χ0n) is 7.83. The first-order chi connectivity index (χ1) is 9.41. The Morgan fingerprint density at radius 2 is 0.421 bits per heavy atom. The lowest BCUT2D eigenvalue weighted by Crippen LogP contribution is -2.04. The molecule has 19 heteroatoms. The van der Waals surface area contributed by atoms with E-state index in [4.69, 9.17) is 10.5 Å². The number of rotatable bonds is 16. The average Bonchev–Trinajstić information content (AvgIpc) is 2.43. The molecule has 0 aromatic heterocycles. The largest absolute Gasteiger partial charge is 0.219 e. The van der Waals surface area contributed by atoms with Gasteiger partial charge in [0.05, 0.1) is 0 Å². The molecule has 0 amide bonds. The molecule has 0 aliphatic carbocycles. The van der Waals surface area contributed by atoms with Gasteiger partial charge in [-0.05, 0) is 80.6 Å². The van der Waals surface area contributed by atoms with E-state index in [2.05, 4.69) is 85.7 Å². The predicted molar refractivity (Wildman–Crippen MR) is 23.7 cm³/mol. The van der Waals surface area contributed by atoms with Gasteiger partial charge >= 0.3 is 0 Å². The average molecular weight is 306 g/mol. The maximum atomic E-state index is 7.48. The molecule has 116 valence electrons. The fourth-order valence-electron chi connectivity index (χ4n) is 0.172. The van der Waals surface area contributed by atoms with Gasteiger partial charge in [-0.3, -0.25) is 0 Å². The van der Waals surface area contributed by atoms with Crippen LogP contribution in [0.3, 0.4) is 0 Å². The lowest BCUT2D eigenvalue weighted by atomic mass is 14.0. The van der Waals surface area contributed by atoms with Crippen molar-refractivity contribution < 1.29 is 96.2 Å².